The molecule has 2 aromatic rings. The van der Waals surface area contributed by atoms with Crippen molar-refractivity contribution in [2.45, 2.75) is 0 Å². The molecule has 0 aromatic heterocycles. The highest BCUT2D eigenvalue weighted by Crippen LogP contribution is 2.25. The molecule has 0 aliphatic heterocycles. The largest absolute Gasteiger partial charge is 0.453 e. The molecule has 2 N–H and O–H groups in total. The van der Waals surface area contributed by atoms with Crippen LogP contribution < -0.4 is 10.6 Å². The van der Waals surface area contributed by atoms with Crippen molar-refractivity contribution in [3.05, 3.63) is 53.0 Å². The fraction of sp³-hybridized carbons (Fsp3) is 0.0714. The van der Waals surface area contributed by atoms with Crippen LogP contribution in [0.3, 0.4) is 0 Å². The summed E-state index contributed by atoms with van der Waals surface area (Å²) in [5.41, 5.74) is 2.60. The second kappa shape index (κ2) is 6.24. The van der Waals surface area contributed by atoms with Gasteiger partial charge in [-0.05, 0) is 52.3 Å². The number of methoxy groups -OCH3 is 1. The highest BCUT2D eigenvalue weighted by atomic mass is 79.9. The lowest BCUT2D eigenvalue weighted by atomic mass is 10.2. The van der Waals surface area contributed by atoms with Crippen LogP contribution in [0.4, 0.5) is 21.9 Å². The van der Waals surface area contributed by atoms with E-state index in [1.807, 2.05) is 36.4 Å². The van der Waals surface area contributed by atoms with Crippen LogP contribution >= 0.6 is 15.9 Å². The van der Waals surface area contributed by atoms with Crippen LogP contribution in [0.15, 0.2) is 53.0 Å². The van der Waals surface area contributed by atoms with Crippen LogP contribution in [0.1, 0.15) is 0 Å². The molecule has 0 unspecified atom stereocenters. The van der Waals surface area contributed by atoms with Gasteiger partial charge in [-0.25, -0.2) is 4.79 Å². The van der Waals surface area contributed by atoms with E-state index in [1.165, 1.54) is 7.11 Å². The summed E-state index contributed by atoms with van der Waals surface area (Å²) in [7, 11) is 1.33. The van der Waals surface area contributed by atoms with Gasteiger partial charge >= 0.3 is 6.09 Å². The Balaban J connectivity index is 2.07. The van der Waals surface area contributed by atoms with Crippen molar-refractivity contribution < 1.29 is 9.53 Å². The first-order valence-electron chi connectivity index (χ1n) is 5.65. The first-order valence-corrected chi connectivity index (χ1v) is 6.45. The van der Waals surface area contributed by atoms with Crippen molar-refractivity contribution in [3.63, 3.8) is 0 Å². The lowest BCUT2D eigenvalue weighted by molar-refractivity contribution is 0.187. The number of halogens is 1. The molecule has 5 heteroatoms. The molecule has 0 aliphatic rings. The van der Waals surface area contributed by atoms with Gasteiger partial charge < -0.3 is 10.1 Å². The summed E-state index contributed by atoms with van der Waals surface area (Å²) in [5, 5.41) is 5.87. The second-order valence-corrected chi connectivity index (χ2v) is 4.65. The van der Waals surface area contributed by atoms with E-state index in [-0.39, 0.29) is 0 Å². The van der Waals surface area contributed by atoms with Crippen molar-refractivity contribution in [2.24, 2.45) is 0 Å². The van der Waals surface area contributed by atoms with Gasteiger partial charge in [0.15, 0.2) is 0 Å². The Hall–Kier alpha value is -2.01. The maximum absolute atomic E-state index is 11.0. The molecule has 1 amide bonds. The lowest BCUT2D eigenvalue weighted by Crippen LogP contribution is -2.10. The number of amides is 1. The molecular formula is C14H13BrN2O2. The molecule has 0 fully saturated rings. The van der Waals surface area contributed by atoms with Gasteiger partial charge in [0.2, 0.25) is 0 Å². The SMILES string of the molecule is COC(=O)Nc1ccc(Nc2ccccc2Br)cc1. The maximum atomic E-state index is 11.0. The molecule has 0 atom stereocenters. The number of carbonyl (C=O) groups is 1. The van der Waals surface area contributed by atoms with E-state index in [0.29, 0.717) is 5.69 Å². The molecule has 0 bridgehead atoms. The van der Waals surface area contributed by atoms with Crippen LogP contribution in [0, 0.1) is 0 Å². The predicted molar refractivity (Wildman–Crippen MR) is 79.9 cm³/mol. The average Bonchev–Trinajstić information content (AvgIpc) is 2.43. The van der Waals surface area contributed by atoms with Crippen LogP contribution in [-0.2, 0) is 4.74 Å². The van der Waals surface area contributed by atoms with Crippen molar-refractivity contribution in [3.8, 4) is 0 Å². The molecule has 0 saturated carbocycles. The molecular weight excluding hydrogens is 308 g/mol. The van der Waals surface area contributed by atoms with E-state index in [1.54, 1.807) is 12.1 Å². The third-order valence-corrected chi connectivity index (χ3v) is 3.16. The summed E-state index contributed by atoms with van der Waals surface area (Å²) in [5.74, 6) is 0. The Kier molecular flexibility index (Phi) is 4.41. The summed E-state index contributed by atoms with van der Waals surface area (Å²) in [6.07, 6.45) is -0.480. The Morgan fingerprint density at radius 3 is 2.32 bits per heavy atom. The van der Waals surface area contributed by atoms with E-state index in [2.05, 4.69) is 31.3 Å². The van der Waals surface area contributed by atoms with Crippen LogP contribution in [0.2, 0.25) is 0 Å². The molecule has 2 aromatic carbocycles. The second-order valence-electron chi connectivity index (χ2n) is 3.80. The van der Waals surface area contributed by atoms with Crippen LogP contribution in [-0.4, -0.2) is 13.2 Å². The molecule has 0 aliphatic carbocycles. The molecule has 0 heterocycles. The van der Waals surface area contributed by atoms with Gasteiger partial charge in [-0.15, -0.1) is 0 Å². The smallest absolute Gasteiger partial charge is 0.411 e. The van der Waals surface area contributed by atoms with Crippen molar-refractivity contribution in [1.29, 1.82) is 0 Å². The Bertz CT molecular complexity index is 570. The normalized spacial score (nSPS) is 9.79. The highest BCUT2D eigenvalue weighted by Gasteiger charge is 2.01. The fourth-order valence-electron chi connectivity index (χ4n) is 1.52. The van der Waals surface area contributed by atoms with E-state index < -0.39 is 6.09 Å². The van der Waals surface area contributed by atoms with E-state index in [0.717, 1.165) is 15.8 Å². The number of ether oxygens (including phenoxy) is 1. The van der Waals surface area contributed by atoms with Gasteiger partial charge in [0, 0.05) is 15.8 Å². The summed E-state index contributed by atoms with van der Waals surface area (Å²) in [6.45, 7) is 0. The number of rotatable bonds is 3. The molecule has 0 radical (unpaired) electrons. The molecule has 2 rings (SSSR count). The van der Waals surface area contributed by atoms with Gasteiger partial charge in [-0.1, -0.05) is 12.1 Å². The zero-order valence-electron chi connectivity index (χ0n) is 10.3. The van der Waals surface area contributed by atoms with E-state index in [9.17, 15) is 4.79 Å². The fourth-order valence-corrected chi connectivity index (χ4v) is 1.91. The van der Waals surface area contributed by atoms with Gasteiger partial charge in [0.25, 0.3) is 0 Å². The Morgan fingerprint density at radius 2 is 1.68 bits per heavy atom. The maximum Gasteiger partial charge on any atom is 0.411 e. The number of anilines is 3. The number of benzene rings is 2. The monoisotopic (exact) mass is 320 g/mol. The molecule has 0 spiro atoms. The van der Waals surface area contributed by atoms with E-state index >= 15 is 0 Å². The van der Waals surface area contributed by atoms with Crippen molar-refractivity contribution in [1.82, 2.24) is 0 Å². The number of hydrogen-bond acceptors (Lipinski definition) is 3. The summed E-state index contributed by atoms with van der Waals surface area (Å²) in [6, 6.07) is 15.2. The third-order valence-electron chi connectivity index (χ3n) is 2.47. The standard InChI is InChI=1S/C14H13BrN2O2/c1-19-14(18)17-11-8-6-10(7-9-11)16-13-5-3-2-4-12(13)15/h2-9,16H,1H3,(H,17,18). The third kappa shape index (κ3) is 3.72. The summed E-state index contributed by atoms with van der Waals surface area (Å²) >= 11 is 3.47. The average molecular weight is 321 g/mol. The highest BCUT2D eigenvalue weighted by molar-refractivity contribution is 9.10. The first-order chi connectivity index (χ1) is 9.19. The molecule has 4 nitrogen and oxygen atoms in total. The summed E-state index contributed by atoms with van der Waals surface area (Å²) < 4.78 is 5.52. The quantitative estimate of drug-likeness (QED) is 0.882. The predicted octanol–water partition coefficient (Wildman–Crippen LogP) is 4.37. The number of para-hydroxylation sites is 1. The molecule has 19 heavy (non-hydrogen) atoms. The first kappa shape index (κ1) is 13.4. The van der Waals surface area contributed by atoms with Gasteiger partial charge in [-0.2, -0.15) is 0 Å². The Labute approximate surface area is 119 Å². The van der Waals surface area contributed by atoms with Crippen LogP contribution in [0.25, 0.3) is 0 Å². The molecule has 98 valence electrons. The van der Waals surface area contributed by atoms with E-state index in [4.69, 9.17) is 0 Å². The number of nitrogens with one attached hydrogen (secondary N) is 2. The minimum Gasteiger partial charge on any atom is -0.453 e. The number of carbonyl (C=O) groups excluding carboxylic acids is 1. The minimum absolute atomic E-state index is 0.480. The van der Waals surface area contributed by atoms with Gasteiger partial charge in [-0.3, -0.25) is 5.32 Å². The lowest BCUT2D eigenvalue weighted by Gasteiger charge is -2.09. The zero-order valence-corrected chi connectivity index (χ0v) is 11.9. The van der Waals surface area contributed by atoms with Crippen LogP contribution in [0.5, 0.6) is 0 Å². The molecule has 0 saturated heterocycles. The zero-order chi connectivity index (χ0) is 13.7. The Morgan fingerprint density at radius 1 is 1.05 bits per heavy atom. The minimum atomic E-state index is -0.480. The van der Waals surface area contributed by atoms with Crippen molar-refractivity contribution in [2.75, 3.05) is 17.7 Å². The van der Waals surface area contributed by atoms with Gasteiger partial charge in [0.05, 0.1) is 12.8 Å². The van der Waals surface area contributed by atoms with Gasteiger partial charge in [0.1, 0.15) is 0 Å². The van der Waals surface area contributed by atoms with Crippen molar-refractivity contribution >= 4 is 39.1 Å². The summed E-state index contributed by atoms with van der Waals surface area (Å²) in [4.78, 5) is 11.0. The topological polar surface area (TPSA) is 50.4 Å². The number of hydrogen-bond donors (Lipinski definition) is 2.